The van der Waals surface area contributed by atoms with Crippen LogP contribution in [0, 0.1) is 5.41 Å². The van der Waals surface area contributed by atoms with E-state index < -0.39 is 17.5 Å². The molecule has 0 aliphatic carbocycles. The van der Waals surface area contributed by atoms with E-state index in [2.05, 4.69) is 9.97 Å². The van der Waals surface area contributed by atoms with Gasteiger partial charge < -0.3 is 15.1 Å². The molecule has 26 heavy (non-hydrogen) atoms. The fourth-order valence-electron chi connectivity index (χ4n) is 3.77. The SMILES string of the molecule is O=C(O)[C@]1(Cc2ccccc2)CN(c2cncc3nccn23)CC[C@H]1O. The minimum Gasteiger partial charge on any atom is -0.481 e. The summed E-state index contributed by atoms with van der Waals surface area (Å²) in [5.41, 5.74) is 0.329. The first-order chi connectivity index (χ1) is 12.6. The van der Waals surface area contributed by atoms with E-state index in [1.807, 2.05) is 45.8 Å². The Morgan fingerprint density at radius 2 is 2.08 bits per heavy atom. The minimum absolute atomic E-state index is 0.206. The van der Waals surface area contributed by atoms with Gasteiger partial charge in [0.25, 0.3) is 0 Å². The van der Waals surface area contributed by atoms with Crippen LogP contribution in [0.4, 0.5) is 5.82 Å². The third-order valence-corrected chi connectivity index (χ3v) is 5.19. The molecule has 1 fully saturated rings. The Hall–Kier alpha value is -2.93. The molecule has 0 spiro atoms. The molecular formula is C19H20N4O3. The van der Waals surface area contributed by atoms with Crippen LogP contribution >= 0.6 is 0 Å². The molecule has 0 saturated carbocycles. The second kappa shape index (κ2) is 6.42. The van der Waals surface area contributed by atoms with Crippen LogP contribution in [-0.4, -0.2) is 49.7 Å². The molecule has 7 nitrogen and oxygen atoms in total. The molecule has 3 heterocycles. The molecule has 0 radical (unpaired) electrons. The van der Waals surface area contributed by atoms with Gasteiger partial charge in [-0.2, -0.15) is 0 Å². The number of imidazole rings is 1. The fourth-order valence-corrected chi connectivity index (χ4v) is 3.77. The van der Waals surface area contributed by atoms with E-state index in [1.165, 1.54) is 0 Å². The number of hydrogen-bond donors (Lipinski definition) is 2. The number of anilines is 1. The number of aliphatic carboxylic acids is 1. The van der Waals surface area contributed by atoms with Gasteiger partial charge in [-0.15, -0.1) is 0 Å². The molecule has 3 aromatic rings. The van der Waals surface area contributed by atoms with E-state index in [0.29, 0.717) is 18.6 Å². The maximum Gasteiger partial charge on any atom is 0.314 e. The molecular weight excluding hydrogens is 332 g/mol. The lowest BCUT2D eigenvalue weighted by molar-refractivity contribution is -0.157. The van der Waals surface area contributed by atoms with Gasteiger partial charge in [0.15, 0.2) is 5.65 Å². The summed E-state index contributed by atoms with van der Waals surface area (Å²) in [6, 6.07) is 9.46. The van der Waals surface area contributed by atoms with Crippen LogP contribution in [0.25, 0.3) is 5.65 Å². The predicted molar refractivity (Wildman–Crippen MR) is 96.0 cm³/mol. The molecule has 0 amide bonds. The van der Waals surface area contributed by atoms with Gasteiger partial charge in [0, 0.05) is 25.5 Å². The molecule has 2 atom stereocenters. The maximum absolute atomic E-state index is 12.3. The Morgan fingerprint density at radius 3 is 2.85 bits per heavy atom. The van der Waals surface area contributed by atoms with Crippen LogP contribution in [0.15, 0.2) is 55.1 Å². The Bertz CT molecular complexity index is 927. The normalized spacial score (nSPS) is 23.3. The van der Waals surface area contributed by atoms with Crippen LogP contribution in [0.5, 0.6) is 0 Å². The van der Waals surface area contributed by atoms with Gasteiger partial charge in [-0.3, -0.25) is 14.2 Å². The number of rotatable bonds is 4. The Kier molecular flexibility index (Phi) is 4.08. The van der Waals surface area contributed by atoms with E-state index in [-0.39, 0.29) is 13.0 Å². The lowest BCUT2D eigenvalue weighted by Crippen LogP contribution is -2.57. The first kappa shape index (κ1) is 16.5. The lowest BCUT2D eigenvalue weighted by atomic mass is 9.73. The van der Waals surface area contributed by atoms with Crippen molar-refractivity contribution >= 4 is 17.4 Å². The van der Waals surface area contributed by atoms with E-state index in [4.69, 9.17) is 0 Å². The number of aliphatic hydroxyl groups is 1. The average Bonchev–Trinajstić information content (AvgIpc) is 3.13. The number of aliphatic hydroxyl groups excluding tert-OH is 1. The number of benzene rings is 1. The summed E-state index contributed by atoms with van der Waals surface area (Å²) in [5.74, 6) is -0.199. The summed E-state index contributed by atoms with van der Waals surface area (Å²) in [6.45, 7) is 0.765. The van der Waals surface area contributed by atoms with E-state index in [9.17, 15) is 15.0 Å². The molecule has 4 rings (SSSR count). The monoisotopic (exact) mass is 352 g/mol. The third kappa shape index (κ3) is 2.70. The van der Waals surface area contributed by atoms with Gasteiger partial charge >= 0.3 is 5.97 Å². The number of carboxylic acids is 1. The van der Waals surface area contributed by atoms with Crippen molar-refractivity contribution in [1.29, 1.82) is 0 Å². The van der Waals surface area contributed by atoms with Gasteiger partial charge in [-0.25, -0.2) is 4.98 Å². The molecule has 2 aromatic heterocycles. The lowest BCUT2D eigenvalue weighted by Gasteiger charge is -2.44. The minimum atomic E-state index is -1.28. The van der Waals surface area contributed by atoms with Gasteiger partial charge in [0.1, 0.15) is 11.2 Å². The van der Waals surface area contributed by atoms with Crippen molar-refractivity contribution in [3.63, 3.8) is 0 Å². The second-order valence-electron chi connectivity index (χ2n) is 6.77. The highest BCUT2D eigenvalue weighted by Gasteiger charge is 2.49. The van der Waals surface area contributed by atoms with Gasteiger partial charge in [-0.1, -0.05) is 30.3 Å². The van der Waals surface area contributed by atoms with Crippen molar-refractivity contribution in [3.05, 3.63) is 60.7 Å². The third-order valence-electron chi connectivity index (χ3n) is 5.19. The number of aromatic nitrogens is 3. The van der Waals surface area contributed by atoms with Gasteiger partial charge in [0.05, 0.1) is 18.5 Å². The van der Waals surface area contributed by atoms with Crippen molar-refractivity contribution in [1.82, 2.24) is 14.4 Å². The first-order valence-electron chi connectivity index (χ1n) is 8.57. The summed E-state index contributed by atoms with van der Waals surface area (Å²) in [6.07, 6.45) is 6.63. The largest absolute Gasteiger partial charge is 0.481 e. The molecule has 2 N–H and O–H groups in total. The molecule has 1 saturated heterocycles. The molecule has 0 bridgehead atoms. The summed E-state index contributed by atoms with van der Waals surface area (Å²) >= 11 is 0. The number of carboxylic acid groups (broad SMARTS) is 1. The number of fused-ring (bicyclic) bond motifs is 1. The molecule has 1 aromatic carbocycles. The smallest absolute Gasteiger partial charge is 0.314 e. The van der Waals surface area contributed by atoms with Crippen LogP contribution in [0.2, 0.25) is 0 Å². The summed E-state index contributed by atoms with van der Waals surface area (Å²) in [4.78, 5) is 22.7. The molecule has 134 valence electrons. The van der Waals surface area contributed by atoms with Crippen LogP contribution in [0.3, 0.4) is 0 Å². The standard InChI is InChI=1S/C19H20N4O3/c24-15-6-8-22(17-12-20-11-16-21-7-9-23(16)17)13-19(15,18(25)26)10-14-4-2-1-3-5-14/h1-5,7,9,11-12,15,24H,6,8,10,13H2,(H,25,26)/t15-,19-/m1/s1. The highest BCUT2D eigenvalue weighted by Crippen LogP contribution is 2.36. The Labute approximate surface area is 150 Å². The van der Waals surface area contributed by atoms with Crippen LogP contribution in [-0.2, 0) is 11.2 Å². The number of carbonyl (C=O) groups is 1. The fraction of sp³-hybridized carbons (Fsp3) is 0.316. The van der Waals surface area contributed by atoms with Crippen molar-refractivity contribution in [2.45, 2.75) is 18.9 Å². The highest BCUT2D eigenvalue weighted by molar-refractivity contribution is 5.77. The second-order valence-corrected chi connectivity index (χ2v) is 6.77. The van der Waals surface area contributed by atoms with Crippen molar-refractivity contribution in [2.75, 3.05) is 18.0 Å². The quantitative estimate of drug-likeness (QED) is 0.741. The Balaban J connectivity index is 1.72. The first-order valence-corrected chi connectivity index (χ1v) is 8.57. The maximum atomic E-state index is 12.3. The van der Waals surface area contributed by atoms with E-state index in [1.54, 1.807) is 18.6 Å². The topological polar surface area (TPSA) is 91.0 Å². The zero-order valence-corrected chi connectivity index (χ0v) is 14.2. The summed E-state index contributed by atoms with van der Waals surface area (Å²) in [5, 5.41) is 20.7. The van der Waals surface area contributed by atoms with Gasteiger partial charge in [-0.05, 0) is 18.4 Å². The van der Waals surface area contributed by atoms with Crippen LogP contribution in [0.1, 0.15) is 12.0 Å². The zero-order valence-electron chi connectivity index (χ0n) is 14.2. The molecule has 7 heteroatoms. The molecule has 0 unspecified atom stereocenters. The summed E-state index contributed by atoms with van der Waals surface area (Å²) < 4.78 is 1.89. The van der Waals surface area contributed by atoms with Crippen molar-refractivity contribution < 1.29 is 15.0 Å². The molecule has 1 aliphatic heterocycles. The van der Waals surface area contributed by atoms with Crippen LogP contribution < -0.4 is 4.90 Å². The van der Waals surface area contributed by atoms with Crippen molar-refractivity contribution in [2.24, 2.45) is 5.41 Å². The highest BCUT2D eigenvalue weighted by atomic mass is 16.4. The zero-order chi connectivity index (χ0) is 18.1. The number of piperidine rings is 1. The molecule has 1 aliphatic rings. The number of hydrogen-bond acceptors (Lipinski definition) is 5. The summed E-state index contributed by atoms with van der Waals surface area (Å²) in [7, 11) is 0. The number of nitrogens with zero attached hydrogens (tertiary/aromatic N) is 4. The predicted octanol–water partition coefficient (Wildman–Crippen LogP) is 1.61. The van der Waals surface area contributed by atoms with E-state index in [0.717, 1.165) is 11.4 Å². The van der Waals surface area contributed by atoms with Gasteiger partial charge in [0.2, 0.25) is 0 Å². The van der Waals surface area contributed by atoms with E-state index >= 15 is 0 Å². The average molecular weight is 352 g/mol. The Morgan fingerprint density at radius 1 is 1.27 bits per heavy atom. The van der Waals surface area contributed by atoms with Crippen molar-refractivity contribution in [3.8, 4) is 0 Å².